The van der Waals surface area contributed by atoms with Crippen molar-refractivity contribution in [3.63, 3.8) is 0 Å². The van der Waals surface area contributed by atoms with Crippen LogP contribution in [0.4, 0.5) is 0 Å². The van der Waals surface area contributed by atoms with Crippen molar-refractivity contribution in [2.45, 2.75) is 0 Å². The molecule has 0 saturated carbocycles. The van der Waals surface area contributed by atoms with Crippen LogP contribution in [0, 0.1) is 0 Å². The Morgan fingerprint density at radius 3 is 0.706 bits per heavy atom. The summed E-state index contributed by atoms with van der Waals surface area (Å²) in [4.78, 5) is 53.5. The van der Waals surface area contributed by atoms with Gasteiger partial charge in [0, 0.05) is 0 Å². The summed E-state index contributed by atoms with van der Waals surface area (Å²) >= 11 is 0. The molecule has 10 nitrogen and oxygen atoms in total. The van der Waals surface area contributed by atoms with Crippen LogP contribution < -0.4 is 0 Å². The third kappa shape index (κ3) is 66.4. The normalized spacial score (nSPS) is 10.8. The molecule has 0 aliphatic rings. The molecule has 0 aliphatic heterocycles. The van der Waals surface area contributed by atoms with Gasteiger partial charge in [-0.1, -0.05) is 0 Å². The maximum absolute atomic E-state index is 9.85. The van der Waals surface area contributed by atoms with E-state index in [1.54, 1.807) is 0 Å². The van der Waals surface area contributed by atoms with Crippen LogP contribution in [0.3, 0.4) is 0 Å². The van der Waals surface area contributed by atoms with Crippen LogP contribution in [0.15, 0.2) is 0 Å². The molecule has 0 fully saturated rings. The molecule has 0 aromatic carbocycles. The Morgan fingerprint density at radius 1 is 0.588 bits per heavy atom. The van der Waals surface area contributed by atoms with Crippen LogP contribution in [0.25, 0.3) is 0 Å². The molecule has 0 heterocycles. The summed E-state index contributed by atoms with van der Waals surface area (Å²) in [5, 5.41) is 0. The number of hydrogen-bond acceptors (Lipinski definition) is 3. The molecule has 0 aromatic rings. The van der Waals surface area contributed by atoms with Gasteiger partial charge in [0.25, 0.3) is 0 Å². The van der Waals surface area contributed by atoms with Crippen LogP contribution in [-0.4, -0.2) is 129 Å². The Balaban J connectivity index is -0.0000000533. The van der Waals surface area contributed by atoms with E-state index in [1.807, 2.05) is 0 Å². The predicted molar refractivity (Wildman–Crippen MR) is 64.7 cm³/mol. The summed E-state index contributed by atoms with van der Waals surface area (Å²) in [5.74, 6) is -1.38. The van der Waals surface area contributed by atoms with Crippen LogP contribution in [0.1, 0.15) is 0 Å². The second kappa shape index (κ2) is 13.1. The van der Waals surface area contributed by atoms with Gasteiger partial charge in [0.2, 0.25) is 0 Å². The van der Waals surface area contributed by atoms with Gasteiger partial charge in [-0.05, 0) is 0 Å². The van der Waals surface area contributed by atoms with E-state index in [-0.39, 0.29) is 88.7 Å². The molecule has 0 rings (SSSR count). The zero-order chi connectivity index (χ0) is 12.2. The zero-order valence-corrected chi connectivity index (χ0v) is 9.09. The molecule has 0 bridgehead atoms. The fourth-order valence-corrected chi connectivity index (χ4v) is 2.16. The van der Waals surface area contributed by atoms with Crippen molar-refractivity contribution >= 4 is 112 Å². The van der Waals surface area contributed by atoms with Gasteiger partial charge in [-0.15, -0.1) is 0 Å². The van der Waals surface area contributed by atoms with Gasteiger partial charge < -0.3 is 34.3 Å². The van der Waals surface area contributed by atoms with Crippen molar-refractivity contribution in [2.24, 2.45) is 0 Å². The van der Waals surface area contributed by atoms with Crippen LogP contribution >= 0.6 is 23.0 Å². The standard InChI is InChI=1S/CH6O6P2.3Na.H3O4P.3H/c2-8(3,4)1-9(5,6)7;;;;1-5(2,3)4;;;/h1H2,(H2,2,3,4)(H2,5,6,7);;;;(H3,1,2,3,4);;;. The van der Waals surface area contributed by atoms with E-state index in [0.29, 0.717) is 0 Å². The molecular formula is CH12Na3O10P3. The predicted octanol–water partition coefficient (Wildman–Crippen LogP) is -3.57. The molecule has 0 radical (unpaired) electrons. The molecule has 0 saturated heterocycles. The maximum atomic E-state index is 9.85. The fraction of sp³-hybridized carbons (Fsp3) is 1.00. The first-order valence-electron chi connectivity index (χ1n) is 2.58. The molecule has 94 valence electrons. The summed E-state index contributed by atoms with van der Waals surface area (Å²) in [7, 11) is -13.7. The third-order valence-corrected chi connectivity index (χ3v) is 3.32. The summed E-state index contributed by atoms with van der Waals surface area (Å²) in [5.41, 5.74) is 0. The van der Waals surface area contributed by atoms with Crippen molar-refractivity contribution in [1.29, 1.82) is 0 Å². The molecule has 0 aliphatic carbocycles. The van der Waals surface area contributed by atoms with E-state index >= 15 is 0 Å². The topological polar surface area (TPSA) is 193 Å². The fourth-order valence-electron chi connectivity index (χ4n) is 0.240. The van der Waals surface area contributed by atoms with E-state index in [1.165, 1.54) is 0 Å². The van der Waals surface area contributed by atoms with Crippen molar-refractivity contribution in [3.8, 4) is 0 Å². The number of phosphoric acid groups is 1. The first kappa shape index (κ1) is 32.4. The Bertz CT molecular complexity index is 270. The second-order valence-corrected chi connectivity index (χ2v) is 6.80. The average Bonchev–Trinajstić information content (AvgIpc) is 1.42. The van der Waals surface area contributed by atoms with Gasteiger partial charge >= 0.3 is 112 Å². The Labute approximate surface area is 163 Å². The van der Waals surface area contributed by atoms with Gasteiger partial charge in [0.15, 0.2) is 5.90 Å². The van der Waals surface area contributed by atoms with Gasteiger partial charge in [0.1, 0.15) is 0 Å². The van der Waals surface area contributed by atoms with E-state index < -0.39 is 28.9 Å². The summed E-state index contributed by atoms with van der Waals surface area (Å²) in [6, 6.07) is 0. The first-order valence-corrected chi connectivity index (χ1v) is 7.74. The zero-order valence-electron chi connectivity index (χ0n) is 6.40. The number of rotatable bonds is 2. The quantitative estimate of drug-likeness (QED) is 0.194. The SMILES string of the molecule is O=P(O)(O)CP(=O)(O)O.O=P(O)(O)O.[NaH].[NaH].[NaH]. The van der Waals surface area contributed by atoms with E-state index in [0.717, 1.165) is 0 Å². The minimum atomic E-state index is -4.64. The van der Waals surface area contributed by atoms with Crippen molar-refractivity contribution in [2.75, 3.05) is 5.90 Å². The van der Waals surface area contributed by atoms with Crippen LogP contribution in [-0.2, 0) is 13.7 Å². The monoisotopic (exact) mass is 346 g/mol. The number of hydrogen-bond donors (Lipinski definition) is 7. The summed E-state index contributed by atoms with van der Waals surface area (Å²) in [6.07, 6.45) is 0. The average molecular weight is 346 g/mol. The van der Waals surface area contributed by atoms with Crippen molar-refractivity contribution in [3.05, 3.63) is 0 Å². The third-order valence-electron chi connectivity index (χ3n) is 0.368. The van der Waals surface area contributed by atoms with Crippen molar-refractivity contribution in [1.82, 2.24) is 0 Å². The van der Waals surface area contributed by atoms with E-state index in [4.69, 9.17) is 38.8 Å². The molecule has 0 spiro atoms. The van der Waals surface area contributed by atoms with Crippen LogP contribution in [0.2, 0.25) is 0 Å². The molecule has 7 N–H and O–H groups in total. The van der Waals surface area contributed by atoms with Gasteiger partial charge in [-0.25, -0.2) is 4.57 Å². The molecule has 0 unspecified atom stereocenters. The Kier molecular flexibility index (Phi) is 25.0. The van der Waals surface area contributed by atoms with Crippen LogP contribution in [0.5, 0.6) is 0 Å². The first-order chi connectivity index (χ1) is 5.71. The molecular weight excluding hydrogens is 334 g/mol. The minimum absolute atomic E-state index is 0. The summed E-state index contributed by atoms with van der Waals surface area (Å²) in [6.45, 7) is 0. The summed E-state index contributed by atoms with van der Waals surface area (Å²) < 4.78 is 28.6. The molecule has 0 amide bonds. The van der Waals surface area contributed by atoms with Crippen molar-refractivity contribution < 1.29 is 47.9 Å². The Hall–Kier alpha value is 3.41. The van der Waals surface area contributed by atoms with Gasteiger partial charge in [0.05, 0.1) is 0 Å². The second-order valence-electron chi connectivity index (χ2n) is 1.98. The molecule has 17 heavy (non-hydrogen) atoms. The van der Waals surface area contributed by atoms with E-state index in [9.17, 15) is 9.13 Å². The Morgan fingerprint density at radius 2 is 0.706 bits per heavy atom. The molecule has 0 aromatic heterocycles. The van der Waals surface area contributed by atoms with E-state index in [2.05, 4.69) is 0 Å². The molecule has 16 heteroatoms. The molecule has 0 atom stereocenters. The van der Waals surface area contributed by atoms with Gasteiger partial charge in [-0.2, -0.15) is 0 Å². The van der Waals surface area contributed by atoms with Gasteiger partial charge in [-0.3, -0.25) is 9.13 Å².